The summed E-state index contributed by atoms with van der Waals surface area (Å²) in [5.74, 6) is 0.627. The highest BCUT2D eigenvalue weighted by molar-refractivity contribution is 7.13. The Labute approximate surface area is 109 Å². The average Bonchev–Trinajstić information content (AvgIpc) is 2.72. The predicted octanol–water partition coefficient (Wildman–Crippen LogP) is 3.70. The van der Waals surface area contributed by atoms with Crippen LogP contribution in [0.4, 0.5) is 0 Å². The van der Waals surface area contributed by atoms with Crippen LogP contribution in [0, 0.1) is 6.92 Å². The molecule has 2 aromatic rings. The molecule has 0 N–H and O–H groups in total. The van der Waals surface area contributed by atoms with Crippen LogP contribution in [-0.2, 0) is 11.3 Å². The van der Waals surface area contributed by atoms with Gasteiger partial charge in [-0.2, -0.15) is 0 Å². The predicted molar refractivity (Wildman–Crippen MR) is 70.4 cm³/mol. The Kier molecular flexibility index (Phi) is 4.10. The summed E-state index contributed by atoms with van der Waals surface area (Å²) in [5.41, 5.74) is 2.07. The fourth-order valence-electron chi connectivity index (χ4n) is 1.47. The summed E-state index contributed by atoms with van der Waals surface area (Å²) in [6.45, 7) is 5.04. The van der Waals surface area contributed by atoms with E-state index < -0.39 is 0 Å². The van der Waals surface area contributed by atoms with Crippen molar-refractivity contribution in [2.45, 2.75) is 20.5 Å². The molecular weight excluding hydrogens is 256 g/mol. The Bertz CT molecular complexity index is 513. The maximum Gasteiger partial charge on any atom is 0.156 e. The Hall–Kier alpha value is -0.970. The summed E-state index contributed by atoms with van der Waals surface area (Å²) in [5, 5.41) is 2.50. The standard InChI is InChI=1S/C12H13ClN2OS/c1-3-16-7-11-14-9(6-10(13)15-11)12-8(2)4-5-17-12/h4-6H,3,7H2,1-2H3. The maximum absolute atomic E-state index is 6.00. The lowest BCUT2D eigenvalue weighted by Crippen LogP contribution is -2.00. The van der Waals surface area contributed by atoms with Crippen LogP contribution in [0.25, 0.3) is 10.6 Å². The molecule has 2 heterocycles. The molecule has 0 aliphatic heterocycles. The van der Waals surface area contributed by atoms with E-state index >= 15 is 0 Å². The number of nitrogens with zero attached hydrogens (tertiary/aromatic N) is 2. The molecule has 2 rings (SSSR count). The second-order valence-electron chi connectivity index (χ2n) is 3.56. The number of hydrogen-bond donors (Lipinski definition) is 0. The van der Waals surface area contributed by atoms with Gasteiger partial charge < -0.3 is 4.74 Å². The van der Waals surface area contributed by atoms with Crippen molar-refractivity contribution < 1.29 is 4.74 Å². The molecule has 2 aromatic heterocycles. The van der Waals surface area contributed by atoms with E-state index in [4.69, 9.17) is 16.3 Å². The summed E-state index contributed by atoms with van der Waals surface area (Å²) in [4.78, 5) is 9.74. The van der Waals surface area contributed by atoms with E-state index in [9.17, 15) is 0 Å². The van der Waals surface area contributed by atoms with Crippen molar-refractivity contribution in [1.29, 1.82) is 0 Å². The minimum absolute atomic E-state index is 0.397. The Morgan fingerprint density at radius 1 is 1.41 bits per heavy atom. The first-order valence-corrected chi connectivity index (χ1v) is 6.62. The van der Waals surface area contributed by atoms with Crippen LogP contribution in [0.2, 0.25) is 5.15 Å². The van der Waals surface area contributed by atoms with E-state index in [2.05, 4.69) is 23.0 Å². The van der Waals surface area contributed by atoms with Gasteiger partial charge in [0.15, 0.2) is 5.82 Å². The summed E-state index contributed by atoms with van der Waals surface area (Å²) >= 11 is 7.65. The lowest BCUT2D eigenvalue weighted by atomic mass is 10.2. The summed E-state index contributed by atoms with van der Waals surface area (Å²) < 4.78 is 5.30. The van der Waals surface area contributed by atoms with Crippen molar-refractivity contribution in [1.82, 2.24) is 9.97 Å². The topological polar surface area (TPSA) is 35.0 Å². The van der Waals surface area contributed by atoms with Gasteiger partial charge in [-0.3, -0.25) is 0 Å². The van der Waals surface area contributed by atoms with Crippen molar-refractivity contribution in [2.75, 3.05) is 6.61 Å². The number of aryl methyl sites for hydroxylation is 1. The molecular formula is C12H13ClN2OS. The fourth-order valence-corrected chi connectivity index (χ4v) is 2.56. The van der Waals surface area contributed by atoms with Gasteiger partial charge in [0.25, 0.3) is 0 Å². The molecule has 0 spiro atoms. The molecule has 17 heavy (non-hydrogen) atoms. The van der Waals surface area contributed by atoms with Gasteiger partial charge in [0.1, 0.15) is 11.8 Å². The Balaban J connectivity index is 2.35. The van der Waals surface area contributed by atoms with E-state index in [1.807, 2.05) is 12.3 Å². The molecule has 5 heteroatoms. The van der Waals surface area contributed by atoms with Crippen LogP contribution in [0.15, 0.2) is 17.5 Å². The Morgan fingerprint density at radius 3 is 2.88 bits per heavy atom. The first kappa shape index (κ1) is 12.5. The van der Waals surface area contributed by atoms with E-state index in [-0.39, 0.29) is 0 Å². The number of aromatic nitrogens is 2. The smallest absolute Gasteiger partial charge is 0.156 e. The van der Waals surface area contributed by atoms with Crippen LogP contribution in [-0.4, -0.2) is 16.6 Å². The minimum Gasteiger partial charge on any atom is -0.374 e. The highest BCUT2D eigenvalue weighted by Gasteiger charge is 2.09. The number of hydrogen-bond acceptors (Lipinski definition) is 4. The molecule has 0 atom stereocenters. The monoisotopic (exact) mass is 268 g/mol. The maximum atomic E-state index is 6.00. The third kappa shape index (κ3) is 3.03. The quantitative estimate of drug-likeness (QED) is 0.793. The van der Waals surface area contributed by atoms with Gasteiger partial charge in [-0.05, 0) is 30.9 Å². The molecule has 0 aliphatic carbocycles. The summed E-state index contributed by atoms with van der Waals surface area (Å²) in [6.07, 6.45) is 0. The molecule has 3 nitrogen and oxygen atoms in total. The molecule has 90 valence electrons. The first-order chi connectivity index (χ1) is 8.20. The largest absolute Gasteiger partial charge is 0.374 e. The van der Waals surface area contributed by atoms with Gasteiger partial charge >= 0.3 is 0 Å². The fraction of sp³-hybridized carbons (Fsp3) is 0.333. The van der Waals surface area contributed by atoms with Gasteiger partial charge in [-0.1, -0.05) is 11.6 Å². The van der Waals surface area contributed by atoms with Gasteiger partial charge in [0.05, 0.1) is 10.6 Å². The summed E-state index contributed by atoms with van der Waals surface area (Å²) in [7, 11) is 0. The third-order valence-corrected chi connectivity index (χ3v) is 3.50. The Morgan fingerprint density at radius 2 is 2.24 bits per heavy atom. The molecule has 0 unspecified atom stereocenters. The van der Waals surface area contributed by atoms with Gasteiger partial charge in [0, 0.05) is 12.7 Å². The second-order valence-corrected chi connectivity index (χ2v) is 4.87. The van der Waals surface area contributed by atoms with Crippen molar-refractivity contribution in [3.8, 4) is 10.6 Å². The van der Waals surface area contributed by atoms with Crippen molar-refractivity contribution in [3.63, 3.8) is 0 Å². The lowest BCUT2D eigenvalue weighted by molar-refractivity contribution is 0.128. The number of ether oxygens (including phenoxy) is 1. The zero-order valence-corrected chi connectivity index (χ0v) is 11.3. The highest BCUT2D eigenvalue weighted by Crippen LogP contribution is 2.28. The normalized spacial score (nSPS) is 10.8. The van der Waals surface area contributed by atoms with Crippen molar-refractivity contribution in [3.05, 3.63) is 34.1 Å². The third-order valence-electron chi connectivity index (χ3n) is 2.27. The highest BCUT2D eigenvalue weighted by atomic mass is 35.5. The molecule has 0 fully saturated rings. The van der Waals surface area contributed by atoms with Crippen LogP contribution in [0.3, 0.4) is 0 Å². The van der Waals surface area contributed by atoms with E-state index in [1.165, 1.54) is 5.56 Å². The van der Waals surface area contributed by atoms with Gasteiger partial charge in [-0.15, -0.1) is 11.3 Å². The molecule has 0 aromatic carbocycles. The van der Waals surface area contributed by atoms with Crippen molar-refractivity contribution in [2.24, 2.45) is 0 Å². The van der Waals surface area contributed by atoms with Crippen LogP contribution in [0.5, 0.6) is 0 Å². The van der Waals surface area contributed by atoms with E-state index in [0.29, 0.717) is 24.2 Å². The number of halogens is 1. The first-order valence-electron chi connectivity index (χ1n) is 5.36. The molecule has 0 bridgehead atoms. The van der Waals surface area contributed by atoms with Crippen LogP contribution < -0.4 is 0 Å². The lowest BCUT2D eigenvalue weighted by Gasteiger charge is -2.04. The number of rotatable bonds is 4. The molecule has 0 saturated carbocycles. The summed E-state index contributed by atoms with van der Waals surface area (Å²) in [6, 6.07) is 3.86. The van der Waals surface area contributed by atoms with E-state index in [0.717, 1.165) is 10.6 Å². The molecule has 0 aliphatic rings. The SMILES string of the molecule is CCOCc1nc(Cl)cc(-c2sccc2C)n1. The number of thiophene rings is 1. The average molecular weight is 269 g/mol. The molecule has 0 saturated heterocycles. The molecule has 0 amide bonds. The second kappa shape index (κ2) is 5.58. The van der Waals surface area contributed by atoms with Crippen LogP contribution in [0.1, 0.15) is 18.3 Å². The van der Waals surface area contributed by atoms with Crippen LogP contribution >= 0.6 is 22.9 Å². The molecule has 0 radical (unpaired) electrons. The zero-order chi connectivity index (χ0) is 12.3. The van der Waals surface area contributed by atoms with Gasteiger partial charge in [-0.25, -0.2) is 9.97 Å². The van der Waals surface area contributed by atoms with Crippen molar-refractivity contribution >= 4 is 22.9 Å². The van der Waals surface area contributed by atoms with E-state index in [1.54, 1.807) is 17.4 Å². The minimum atomic E-state index is 0.397. The zero-order valence-electron chi connectivity index (χ0n) is 9.74. The van der Waals surface area contributed by atoms with Gasteiger partial charge in [0.2, 0.25) is 0 Å².